The highest BCUT2D eigenvalue weighted by molar-refractivity contribution is 7.99. The quantitative estimate of drug-likeness (QED) is 0.617. The van der Waals surface area contributed by atoms with Gasteiger partial charge in [0.05, 0.1) is 12.2 Å². The van der Waals surface area contributed by atoms with E-state index in [9.17, 15) is 9.59 Å². The molecule has 0 aliphatic rings. The first kappa shape index (κ1) is 19.7. The summed E-state index contributed by atoms with van der Waals surface area (Å²) in [5, 5.41) is 11.5. The molecule has 2 aromatic heterocycles. The summed E-state index contributed by atoms with van der Waals surface area (Å²) in [6, 6.07) is 7.42. The first-order valence-electron chi connectivity index (χ1n) is 8.70. The van der Waals surface area contributed by atoms with Crippen molar-refractivity contribution in [2.75, 3.05) is 11.9 Å². The maximum absolute atomic E-state index is 12.6. The van der Waals surface area contributed by atoms with E-state index in [0.29, 0.717) is 28.2 Å². The summed E-state index contributed by atoms with van der Waals surface area (Å²) in [6.07, 6.45) is 1.64. The Balaban J connectivity index is 1.72. The molecule has 0 atom stereocenters. The Morgan fingerprint density at radius 3 is 2.57 bits per heavy atom. The average Bonchev–Trinajstić information content (AvgIpc) is 3.19. The monoisotopic (exact) mass is 399 g/mol. The number of H-pyrrole nitrogens is 1. The third kappa shape index (κ3) is 4.09. The van der Waals surface area contributed by atoms with Gasteiger partial charge in [-0.1, -0.05) is 0 Å². The number of carbonyl (C=O) groups excluding carboxylic acids is 2. The van der Waals surface area contributed by atoms with Crippen LogP contribution in [0.25, 0.3) is 0 Å². The van der Waals surface area contributed by atoms with Gasteiger partial charge in [0, 0.05) is 23.3 Å². The van der Waals surface area contributed by atoms with Crippen molar-refractivity contribution in [2.45, 2.75) is 30.8 Å². The molecule has 0 fully saturated rings. The van der Waals surface area contributed by atoms with Gasteiger partial charge in [-0.15, -0.1) is 10.2 Å². The highest BCUT2D eigenvalue weighted by atomic mass is 32.2. The molecule has 9 heteroatoms. The van der Waals surface area contributed by atoms with Gasteiger partial charge in [-0.3, -0.25) is 4.79 Å². The van der Waals surface area contributed by atoms with Crippen LogP contribution in [0.3, 0.4) is 0 Å². The molecule has 0 unspecified atom stereocenters. The van der Waals surface area contributed by atoms with E-state index in [2.05, 4.69) is 20.5 Å². The number of aromatic nitrogens is 4. The number of anilines is 1. The fraction of sp³-hybridized carbons (Fsp3) is 0.263. The van der Waals surface area contributed by atoms with Crippen LogP contribution in [-0.2, 0) is 11.8 Å². The number of amides is 1. The molecule has 28 heavy (non-hydrogen) atoms. The third-order valence-corrected chi connectivity index (χ3v) is 5.20. The van der Waals surface area contributed by atoms with Gasteiger partial charge in [-0.2, -0.15) is 0 Å². The van der Waals surface area contributed by atoms with Crippen LogP contribution in [0.4, 0.5) is 5.69 Å². The van der Waals surface area contributed by atoms with Gasteiger partial charge in [0.25, 0.3) is 5.91 Å². The molecule has 3 rings (SSSR count). The fourth-order valence-electron chi connectivity index (χ4n) is 2.76. The minimum atomic E-state index is -0.432. The van der Waals surface area contributed by atoms with Crippen molar-refractivity contribution in [3.8, 4) is 0 Å². The molecular formula is C19H21N5O3S. The zero-order valence-corrected chi connectivity index (χ0v) is 16.9. The second-order valence-corrected chi connectivity index (χ2v) is 7.19. The van der Waals surface area contributed by atoms with Crippen LogP contribution in [0.1, 0.15) is 39.0 Å². The van der Waals surface area contributed by atoms with Crippen molar-refractivity contribution in [1.29, 1.82) is 0 Å². The van der Waals surface area contributed by atoms with Gasteiger partial charge in [0.2, 0.25) is 0 Å². The SMILES string of the molecule is CCOC(=O)c1c(C)[nH]c(C(=O)Nc2ccc(Sc3nncn3C)cc2)c1C. The number of nitrogens with zero attached hydrogens (tertiary/aromatic N) is 3. The minimum Gasteiger partial charge on any atom is -0.462 e. The van der Waals surface area contributed by atoms with E-state index in [1.54, 1.807) is 27.1 Å². The standard InChI is InChI=1S/C19H21N5O3S/c1-5-27-18(26)15-11(2)16(21-12(15)3)17(25)22-13-6-8-14(9-7-13)28-19-23-20-10-24(19)4/h6-10,21H,5H2,1-4H3,(H,22,25). The number of esters is 1. The van der Waals surface area contributed by atoms with E-state index < -0.39 is 5.97 Å². The van der Waals surface area contributed by atoms with Gasteiger partial charge in [0.1, 0.15) is 12.0 Å². The lowest BCUT2D eigenvalue weighted by molar-refractivity contribution is 0.0525. The molecule has 146 valence electrons. The number of nitrogens with one attached hydrogen (secondary N) is 2. The Bertz CT molecular complexity index is 1010. The zero-order chi connectivity index (χ0) is 20.3. The molecule has 0 radical (unpaired) electrons. The van der Waals surface area contributed by atoms with Crippen LogP contribution in [0.15, 0.2) is 40.6 Å². The van der Waals surface area contributed by atoms with E-state index in [4.69, 9.17) is 4.74 Å². The minimum absolute atomic E-state index is 0.281. The molecule has 3 aromatic rings. The highest BCUT2D eigenvalue weighted by Gasteiger charge is 2.22. The Kier molecular flexibility index (Phi) is 5.84. The molecule has 1 amide bonds. The van der Waals surface area contributed by atoms with Crippen molar-refractivity contribution >= 4 is 29.3 Å². The molecule has 0 bridgehead atoms. The second-order valence-electron chi connectivity index (χ2n) is 6.15. The number of hydrogen-bond acceptors (Lipinski definition) is 6. The normalized spacial score (nSPS) is 10.7. The van der Waals surface area contributed by atoms with Crippen LogP contribution in [0.2, 0.25) is 0 Å². The maximum Gasteiger partial charge on any atom is 0.340 e. The van der Waals surface area contributed by atoms with Crippen molar-refractivity contribution in [3.63, 3.8) is 0 Å². The summed E-state index contributed by atoms with van der Waals surface area (Å²) in [6.45, 7) is 5.50. The molecular weight excluding hydrogens is 378 g/mol. The molecule has 0 saturated heterocycles. The Morgan fingerprint density at radius 1 is 1.25 bits per heavy atom. The van der Waals surface area contributed by atoms with Crippen molar-refractivity contribution in [2.24, 2.45) is 7.05 Å². The van der Waals surface area contributed by atoms with Crippen LogP contribution in [-0.4, -0.2) is 38.2 Å². The van der Waals surface area contributed by atoms with Crippen LogP contribution < -0.4 is 5.32 Å². The summed E-state index contributed by atoms with van der Waals surface area (Å²) >= 11 is 1.48. The predicted octanol–water partition coefficient (Wildman–Crippen LogP) is 3.34. The predicted molar refractivity (Wildman–Crippen MR) is 106 cm³/mol. The summed E-state index contributed by atoms with van der Waals surface area (Å²) in [5.41, 5.74) is 2.58. The van der Waals surface area contributed by atoms with Crippen LogP contribution >= 0.6 is 11.8 Å². The van der Waals surface area contributed by atoms with Gasteiger partial charge < -0.3 is 19.6 Å². The van der Waals surface area contributed by atoms with E-state index in [0.717, 1.165) is 10.1 Å². The highest BCUT2D eigenvalue weighted by Crippen LogP contribution is 2.27. The van der Waals surface area contributed by atoms with Crippen molar-refractivity contribution < 1.29 is 14.3 Å². The number of aryl methyl sites for hydroxylation is 2. The lowest BCUT2D eigenvalue weighted by Crippen LogP contribution is -2.14. The first-order chi connectivity index (χ1) is 13.4. The van der Waals surface area contributed by atoms with E-state index in [1.807, 2.05) is 35.9 Å². The largest absolute Gasteiger partial charge is 0.462 e. The number of hydrogen-bond donors (Lipinski definition) is 2. The van der Waals surface area contributed by atoms with Crippen molar-refractivity contribution in [1.82, 2.24) is 19.7 Å². The molecule has 8 nitrogen and oxygen atoms in total. The third-order valence-electron chi connectivity index (χ3n) is 4.14. The molecule has 0 spiro atoms. The molecule has 0 saturated carbocycles. The number of ether oxygens (including phenoxy) is 1. The van der Waals surface area contributed by atoms with Gasteiger partial charge >= 0.3 is 5.97 Å². The second kappa shape index (κ2) is 8.30. The lowest BCUT2D eigenvalue weighted by atomic mass is 10.1. The summed E-state index contributed by atoms with van der Waals surface area (Å²) in [5.74, 6) is -0.747. The zero-order valence-electron chi connectivity index (χ0n) is 16.1. The van der Waals surface area contributed by atoms with E-state index in [-0.39, 0.29) is 12.5 Å². The molecule has 0 aliphatic carbocycles. The molecule has 2 heterocycles. The van der Waals surface area contributed by atoms with Gasteiger partial charge in [0.15, 0.2) is 5.16 Å². The maximum atomic E-state index is 12.6. The molecule has 1 aromatic carbocycles. The fourth-order valence-corrected chi connectivity index (χ4v) is 3.52. The Labute approximate surface area is 166 Å². The topological polar surface area (TPSA) is 102 Å². The van der Waals surface area contributed by atoms with Gasteiger partial charge in [-0.25, -0.2) is 4.79 Å². The number of aromatic amines is 1. The number of benzene rings is 1. The molecule has 0 aliphatic heterocycles. The number of rotatable bonds is 6. The summed E-state index contributed by atoms with van der Waals surface area (Å²) in [4.78, 5) is 28.7. The average molecular weight is 399 g/mol. The Morgan fingerprint density at radius 2 is 1.96 bits per heavy atom. The van der Waals surface area contributed by atoms with Gasteiger partial charge in [-0.05, 0) is 62.4 Å². The van der Waals surface area contributed by atoms with E-state index in [1.165, 1.54) is 11.8 Å². The lowest BCUT2D eigenvalue weighted by Gasteiger charge is -2.07. The Hall–Kier alpha value is -3.07. The van der Waals surface area contributed by atoms with E-state index >= 15 is 0 Å². The smallest absolute Gasteiger partial charge is 0.340 e. The number of carbonyl (C=O) groups is 2. The summed E-state index contributed by atoms with van der Waals surface area (Å²) in [7, 11) is 1.88. The first-order valence-corrected chi connectivity index (χ1v) is 9.52. The molecule has 2 N–H and O–H groups in total. The van der Waals surface area contributed by atoms with Crippen LogP contribution in [0.5, 0.6) is 0 Å². The summed E-state index contributed by atoms with van der Waals surface area (Å²) < 4.78 is 6.89. The van der Waals surface area contributed by atoms with Crippen molar-refractivity contribution in [3.05, 3.63) is 53.1 Å². The van der Waals surface area contributed by atoms with Crippen LogP contribution in [0, 0.1) is 13.8 Å².